The summed E-state index contributed by atoms with van der Waals surface area (Å²) in [4.78, 5) is 24.4. The second-order valence-corrected chi connectivity index (χ2v) is 6.65. The van der Waals surface area contributed by atoms with E-state index in [4.69, 9.17) is 5.26 Å². The van der Waals surface area contributed by atoms with Crippen molar-refractivity contribution in [3.63, 3.8) is 0 Å². The van der Waals surface area contributed by atoms with Crippen molar-refractivity contribution in [2.45, 2.75) is 19.6 Å². The van der Waals surface area contributed by atoms with Crippen LogP contribution in [-0.4, -0.2) is 25.8 Å². The second kappa shape index (κ2) is 8.81. The number of alkyl halides is 3. The van der Waals surface area contributed by atoms with E-state index in [0.717, 1.165) is 16.7 Å². The first-order chi connectivity index (χ1) is 15.1. The molecule has 0 bridgehead atoms. The number of anilines is 2. The van der Waals surface area contributed by atoms with Crippen LogP contribution in [0.2, 0.25) is 0 Å². The summed E-state index contributed by atoms with van der Waals surface area (Å²) in [6.45, 7) is 1.23. The van der Waals surface area contributed by atoms with Gasteiger partial charge in [-0.2, -0.15) is 18.4 Å². The Morgan fingerprint density at radius 1 is 1.19 bits per heavy atom. The van der Waals surface area contributed by atoms with Crippen LogP contribution in [0.3, 0.4) is 0 Å². The number of aliphatic carboxylic acids is 1. The van der Waals surface area contributed by atoms with Crippen LogP contribution in [0.5, 0.6) is 0 Å². The number of halogens is 3. The van der Waals surface area contributed by atoms with E-state index in [-0.39, 0.29) is 29.5 Å². The molecule has 0 amide bonds. The number of hydrogen-bond acceptors (Lipinski definition) is 5. The minimum atomic E-state index is -4.55. The Morgan fingerprint density at radius 2 is 1.88 bits per heavy atom. The molecule has 0 spiro atoms. The minimum Gasteiger partial charge on any atom is -0.478 e. The zero-order valence-electron chi connectivity index (χ0n) is 16.6. The molecule has 4 rings (SSSR count). The highest BCUT2D eigenvalue weighted by atomic mass is 19.4. The molecule has 0 unspecified atom stereocenters. The quantitative estimate of drug-likeness (QED) is 0.625. The first kappa shape index (κ1) is 22.4. The molecule has 0 saturated carbocycles. The van der Waals surface area contributed by atoms with Gasteiger partial charge in [-0.05, 0) is 37.3 Å². The van der Waals surface area contributed by atoms with E-state index in [9.17, 15) is 27.9 Å². The standard InChI is InChI=1S/C14H11F3N4O3.C7H5N/c1-7-10(11(22)23)6-20-12(18-19-13(20)24)21(7)9-4-2-3-8(5-9)14(15,16)17;8-6-7-4-2-1-3-5-7/h2-5H,6H2,1H3,(H,19,24)(H,22,23);1-5H. The number of carboxylic acid groups (broad SMARTS) is 1. The smallest absolute Gasteiger partial charge is 0.416 e. The monoisotopic (exact) mass is 443 g/mol. The average Bonchev–Trinajstić information content (AvgIpc) is 3.13. The number of hydrogen-bond donors (Lipinski definition) is 2. The van der Waals surface area contributed by atoms with Crippen LogP contribution in [0, 0.1) is 11.3 Å². The van der Waals surface area contributed by atoms with E-state index >= 15 is 0 Å². The molecule has 1 aliphatic rings. The van der Waals surface area contributed by atoms with E-state index < -0.39 is 23.4 Å². The van der Waals surface area contributed by atoms with Crippen molar-refractivity contribution in [2.75, 3.05) is 4.90 Å². The highest BCUT2D eigenvalue weighted by Crippen LogP contribution is 2.37. The number of aromatic nitrogens is 3. The van der Waals surface area contributed by atoms with Crippen molar-refractivity contribution in [3.8, 4) is 6.07 Å². The van der Waals surface area contributed by atoms with Gasteiger partial charge in [0.25, 0.3) is 0 Å². The van der Waals surface area contributed by atoms with E-state index in [1.807, 2.05) is 24.3 Å². The lowest BCUT2D eigenvalue weighted by atomic mass is 10.1. The van der Waals surface area contributed by atoms with Crippen LogP contribution < -0.4 is 10.6 Å². The number of H-pyrrole nitrogens is 1. The number of nitrogens with one attached hydrogen (secondary N) is 1. The SMILES string of the molecule is CC1=C(C(=O)O)Cn2c(n[nH]c2=O)N1c1cccc(C(F)(F)F)c1.N#Cc1ccccc1. The fraction of sp³-hybridized carbons (Fsp3) is 0.143. The van der Waals surface area contributed by atoms with Gasteiger partial charge in [0.15, 0.2) is 0 Å². The third-order valence-corrected chi connectivity index (χ3v) is 4.62. The van der Waals surface area contributed by atoms with Crippen molar-refractivity contribution in [1.82, 2.24) is 14.8 Å². The van der Waals surface area contributed by atoms with Gasteiger partial charge in [-0.1, -0.05) is 24.3 Å². The van der Waals surface area contributed by atoms with Crippen molar-refractivity contribution >= 4 is 17.6 Å². The van der Waals surface area contributed by atoms with Gasteiger partial charge in [0.1, 0.15) is 0 Å². The summed E-state index contributed by atoms with van der Waals surface area (Å²) in [7, 11) is 0. The van der Waals surface area contributed by atoms with E-state index in [1.54, 1.807) is 12.1 Å². The van der Waals surface area contributed by atoms with Crippen LogP contribution in [-0.2, 0) is 17.5 Å². The number of aromatic amines is 1. The molecular weight excluding hydrogens is 427 g/mol. The van der Waals surface area contributed by atoms with Gasteiger partial charge >= 0.3 is 17.8 Å². The third-order valence-electron chi connectivity index (χ3n) is 4.62. The molecule has 8 nitrogen and oxygen atoms in total. The topological polar surface area (TPSA) is 115 Å². The molecule has 0 saturated heterocycles. The molecule has 2 N–H and O–H groups in total. The summed E-state index contributed by atoms with van der Waals surface area (Å²) in [5.74, 6) is -1.23. The van der Waals surface area contributed by atoms with Crippen molar-refractivity contribution in [1.29, 1.82) is 5.26 Å². The van der Waals surface area contributed by atoms with Gasteiger partial charge < -0.3 is 5.11 Å². The maximum absolute atomic E-state index is 12.9. The lowest BCUT2D eigenvalue weighted by Crippen LogP contribution is -2.33. The molecule has 0 atom stereocenters. The molecule has 32 heavy (non-hydrogen) atoms. The molecule has 0 aliphatic carbocycles. The Labute approximate surface area is 179 Å². The maximum Gasteiger partial charge on any atom is 0.416 e. The van der Waals surface area contributed by atoms with E-state index in [1.165, 1.54) is 24.0 Å². The number of nitriles is 1. The lowest BCUT2D eigenvalue weighted by molar-refractivity contribution is -0.137. The Bertz CT molecular complexity index is 1270. The van der Waals surface area contributed by atoms with Crippen LogP contribution in [0.4, 0.5) is 24.8 Å². The summed E-state index contributed by atoms with van der Waals surface area (Å²) < 4.78 is 39.9. The van der Waals surface area contributed by atoms with Crippen molar-refractivity contribution < 1.29 is 23.1 Å². The van der Waals surface area contributed by atoms with E-state index in [2.05, 4.69) is 10.2 Å². The Kier molecular flexibility index (Phi) is 6.15. The highest BCUT2D eigenvalue weighted by Gasteiger charge is 2.34. The largest absolute Gasteiger partial charge is 0.478 e. The number of rotatable bonds is 2. The molecule has 1 aliphatic heterocycles. The molecule has 2 aromatic carbocycles. The van der Waals surface area contributed by atoms with Gasteiger partial charge in [-0.15, -0.1) is 5.10 Å². The van der Waals surface area contributed by atoms with Gasteiger partial charge in [0, 0.05) is 11.4 Å². The predicted molar refractivity (Wildman–Crippen MR) is 108 cm³/mol. The minimum absolute atomic E-state index is 0.0295. The molecule has 3 aromatic rings. The van der Waals surface area contributed by atoms with Crippen LogP contribution >= 0.6 is 0 Å². The first-order valence-corrected chi connectivity index (χ1v) is 9.14. The lowest BCUT2D eigenvalue weighted by Gasteiger charge is -2.30. The summed E-state index contributed by atoms with van der Waals surface area (Å²) >= 11 is 0. The third kappa shape index (κ3) is 4.54. The summed E-state index contributed by atoms with van der Waals surface area (Å²) in [6, 6.07) is 15.5. The number of fused-ring (bicyclic) bond motifs is 1. The van der Waals surface area contributed by atoms with Gasteiger partial charge in [-0.25, -0.2) is 14.7 Å². The molecule has 2 heterocycles. The number of allylic oxidation sites excluding steroid dienone is 1. The fourth-order valence-corrected chi connectivity index (χ4v) is 3.05. The Hall–Kier alpha value is -4.33. The molecule has 0 radical (unpaired) electrons. The fourth-order valence-electron chi connectivity index (χ4n) is 3.05. The average molecular weight is 443 g/mol. The van der Waals surface area contributed by atoms with E-state index in [0.29, 0.717) is 5.56 Å². The molecule has 1 aromatic heterocycles. The molecular formula is C21H16F3N5O3. The van der Waals surface area contributed by atoms with Crippen molar-refractivity contribution in [2.24, 2.45) is 0 Å². The van der Waals surface area contributed by atoms with Crippen LogP contribution in [0.1, 0.15) is 18.1 Å². The summed E-state index contributed by atoms with van der Waals surface area (Å²) in [5.41, 5.74) is -0.682. The zero-order valence-corrected chi connectivity index (χ0v) is 16.6. The number of nitrogens with zero attached hydrogens (tertiary/aromatic N) is 4. The summed E-state index contributed by atoms with van der Waals surface area (Å²) in [5, 5.41) is 23.6. The molecule has 0 fully saturated rings. The highest BCUT2D eigenvalue weighted by molar-refractivity contribution is 5.90. The van der Waals surface area contributed by atoms with Gasteiger partial charge in [0.2, 0.25) is 5.95 Å². The Balaban J connectivity index is 0.000000305. The Morgan fingerprint density at radius 3 is 2.44 bits per heavy atom. The number of carboxylic acids is 1. The number of carbonyl (C=O) groups is 1. The van der Waals surface area contributed by atoms with Crippen molar-refractivity contribution in [3.05, 3.63) is 87.5 Å². The van der Waals surface area contributed by atoms with Gasteiger partial charge in [0.05, 0.1) is 29.3 Å². The predicted octanol–water partition coefficient (Wildman–Crippen LogP) is 3.66. The molecule has 11 heteroatoms. The number of benzene rings is 2. The maximum atomic E-state index is 12.9. The first-order valence-electron chi connectivity index (χ1n) is 9.14. The van der Waals surface area contributed by atoms with Gasteiger partial charge in [-0.3, -0.25) is 9.47 Å². The zero-order chi connectivity index (χ0) is 23.5. The summed E-state index contributed by atoms with van der Waals surface area (Å²) in [6.07, 6.45) is -4.55. The van der Waals surface area contributed by atoms with Crippen LogP contribution in [0.25, 0.3) is 0 Å². The van der Waals surface area contributed by atoms with Crippen LogP contribution in [0.15, 0.2) is 70.7 Å². The molecule has 164 valence electrons. The normalized spacial score (nSPS) is 13.0. The second-order valence-electron chi connectivity index (χ2n) is 6.65.